The second-order valence-corrected chi connectivity index (χ2v) is 7.40. The van der Waals surface area contributed by atoms with Gasteiger partial charge < -0.3 is 9.15 Å². The van der Waals surface area contributed by atoms with Gasteiger partial charge in [0, 0.05) is 16.0 Å². The van der Waals surface area contributed by atoms with E-state index in [-0.39, 0.29) is 12.4 Å². The zero-order chi connectivity index (χ0) is 17.6. The van der Waals surface area contributed by atoms with Crippen LogP contribution in [0.5, 0.6) is 0 Å². The van der Waals surface area contributed by atoms with Gasteiger partial charge in [-0.1, -0.05) is 23.4 Å². The maximum absolute atomic E-state index is 11.5. The van der Waals surface area contributed by atoms with E-state index < -0.39 is 0 Å². The van der Waals surface area contributed by atoms with E-state index in [2.05, 4.69) is 15.2 Å². The van der Waals surface area contributed by atoms with Crippen LogP contribution in [0.25, 0.3) is 11.5 Å². The Kier molecular flexibility index (Phi) is 6.06. The number of halogens is 1. The summed E-state index contributed by atoms with van der Waals surface area (Å²) in [4.78, 5) is 15.9. The first-order chi connectivity index (χ1) is 12.1. The van der Waals surface area contributed by atoms with Crippen LogP contribution in [0, 0.1) is 0 Å². The second kappa shape index (κ2) is 8.46. The fourth-order valence-electron chi connectivity index (χ4n) is 1.94. The van der Waals surface area contributed by atoms with Crippen LogP contribution in [0.15, 0.2) is 38.4 Å². The van der Waals surface area contributed by atoms with Gasteiger partial charge in [-0.3, -0.25) is 4.79 Å². The predicted octanol–water partition coefficient (Wildman–Crippen LogP) is 4.24. The van der Waals surface area contributed by atoms with E-state index in [1.165, 1.54) is 23.1 Å². The minimum atomic E-state index is -0.270. The third-order valence-corrected chi connectivity index (χ3v) is 5.35. The van der Waals surface area contributed by atoms with Gasteiger partial charge in [-0.05, 0) is 31.2 Å². The highest BCUT2D eigenvalue weighted by Crippen LogP contribution is 2.27. The van der Waals surface area contributed by atoms with Crippen LogP contribution in [0.2, 0.25) is 5.02 Å². The Hall–Kier alpha value is -1.90. The number of benzene rings is 1. The van der Waals surface area contributed by atoms with Crippen molar-refractivity contribution in [3.8, 4) is 11.5 Å². The second-order valence-electron chi connectivity index (χ2n) is 4.88. The molecule has 0 aliphatic carbocycles. The summed E-state index contributed by atoms with van der Waals surface area (Å²) in [6, 6.07) is 7.21. The standard InChI is InChI=1S/C16H14ClN3O3S2/c1-2-22-14(21)7-12-8-24-16(18-12)25-9-13-19-20-15(23-13)10-3-5-11(17)6-4-10/h3-6,8H,2,7,9H2,1H3. The molecule has 0 atom stereocenters. The van der Waals surface area contributed by atoms with E-state index in [0.29, 0.717) is 34.9 Å². The number of esters is 1. The number of aromatic nitrogens is 3. The molecule has 1 aromatic carbocycles. The van der Waals surface area contributed by atoms with E-state index >= 15 is 0 Å². The fourth-order valence-corrected chi connectivity index (χ4v) is 3.75. The van der Waals surface area contributed by atoms with Crippen molar-refractivity contribution in [2.45, 2.75) is 23.4 Å². The number of rotatable bonds is 7. The third kappa shape index (κ3) is 5.04. The molecule has 0 saturated heterocycles. The molecule has 25 heavy (non-hydrogen) atoms. The Labute approximate surface area is 157 Å². The Morgan fingerprint density at radius 3 is 2.88 bits per heavy atom. The van der Waals surface area contributed by atoms with Gasteiger partial charge in [0.25, 0.3) is 0 Å². The Bertz CT molecular complexity index is 848. The van der Waals surface area contributed by atoms with Gasteiger partial charge in [0.1, 0.15) is 0 Å². The smallest absolute Gasteiger partial charge is 0.311 e. The third-order valence-electron chi connectivity index (χ3n) is 3.04. The summed E-state index contributed by atoms with van der Waals surface area (Å²) in [5, 5.41) is 10.6. The summed E-state index contributed by atoms with van der Waals surface area (Å²) in [6.07, 6.45) is 0.187. The van der Waals surface area contributed by atoms with E-state index in [1.807, 2.05) is 17.5 Å². The highest BCUT2D eigenvalue weighted by molar-refractivity contribution is 8.00. The number of nitrogens with zero attached hydrogens (tertiary/aromatic N) is 3. The Balaban J connectivity index is 1.56. The molecule has 2 aromatic heterocycles. The monoisotopic (exact) mass is 395 g/mol. The molecule has 6 nitrogen and oxygen atoms in total. The zero-order valence-electron chi connectivity index (χ0n) is 13.3. The molecule has 2 heterocycles. The van der Waals surface area contributed by atoms with Gasteiger partial charge in [0.05, 0.1) is 24.5 Å². The summed E-state index contributed by atoms with van der Waals surface area (Å²) in [5.74, 6) is 1.20. The van der Waals surface area contributed by atoms with Crippen molar-refractivity contribution in [2.24, 2.45) is 0 Å². The number of carbonyl (C=O) groups is 1. The predicted molar refractivity (Wildman–Crippen MR) is 96.8 cm³/mol. The molecule has 0 saturated carbocycles. The van der Waals surface area contributed by atoms with Gasteiger partial charge in [0.15, 0.2) is 4.34 Å². The lowest BCUT2D eigenvalue weighted by Gasteiger charge is -1.98. The van der Waals surface area contributed by atoms with Crippen LogP contribution in [-0.4, -0.2) is 27.8 Å². The maximum atomic E-state index is 11.5. The highest BCUT2D eigenvalue weighted by Gasteiger charge is 2.12. The topological polar surface area (TPSA) is 78.1 Å². The van der Waals surface area contributed by atoms with Gasteiger partial charge in [-0.2, -0.15) is 0 Å². The molecule has 130 valence electrons. The molecule has 0 aliphatic rings. The first-order valence-electron chi connectivity index (χ1n) is 7.45. The average Bonchev–Trinajstić information content (AvgIpc) is 3.23. The highest BCUT2D eigenvalue weighted by atomic mass is 35.5. The largest absolute Gasteiger partial charge is 0.466 e. The minimum Gasteiger partial charge on any atom is -0.466 e. The molecule has 3 aromatic rings. The van der Waals surface area contributed by atoms with Crippen molar-refractivity contribution < 1.29 is 13.9 Å². The van der Waals surface area contributed by atoms with Gasteiger partial charge in [-0.25, -0.2) is 4.98 Å². The first kappa shape index (κ1) is 17.9. The normalized spacial score (nSPS) is 10.8. The van der Waals surface area contributed by atoms with Crippen LogP contribution in [0.3, 0.4) is 0 Å². The van der Waals surface area contributed by atoms with Crippen LogP contribution in [0.4, 0.5) is 0 Å². The molecule has 0 amide bonds. The summed E-state index contributed by atoms with van der Waals surface area (Å²) in [7, 11) is 0. The maximum Gasteiger partial charge on any atom is 0.311 e. The van der Waals surface area contributed by atoms with Crippen molar-refractivity contribution >= 4 is 40.7 Å². The molecule has 9 heteroatoms. The molecule has 0 aliphatic heterocycles. The molecular formula is C16H14ClN3O3S2. The van der Waals surface area contributed by atoms with Crippen molar-refractivity contribution in [3.05, 3.63) is 46.3 Å². The van der Waals surface area contributed by atoms with E-state index in [9.17, 15) is 4.79 Å². The quantitative estimate of drug-likeness (QED) is 0.437. The van der Waals surface area contributed by atoms with Crippen LogP contribution >= 0.6 is 34.7 Å². The van der Waals surface area contributed by atoms with Crippen LogP contribution in [0.1, 0.15) is 18.5 Å². The Morgan fingerprint density at radius 2 is 2.12 bits per heavy atom. The SMILES string of the molecule is CCOC(=O)Cc1csc(SCc2nnc(-c3ccc(Cl)cc3)o2)n1. The van der Waals surface area contributed by atoms with E-state index in [1.54, 1.807) is 19.1 Å². The van der Waals surface area contributed by atoms with Crippen molar-refractivity contribution in [3.63, 3.8) is 0 Å². The number of hydrogen-bond acceptors (Lipinski definition) is 8. The van der Waals surface area contributed by atoms with Crippen LogP contribution in [-0.2, 0) is 21.7 Å². The lowest BCUT2D eigenvalue weighted by molar-refractivity contribution is -0.142. The van der Waals surface area contributed by atoms with E-state index in [0.717, 1.165) is 9.90 Å². The molecule has 0 unspecified atom stereocenters. The first-order valence-corrected chi connectivity index (χ1v) is 9.69. The van der Waals surface area contributed by atoms with Gasteiger partial charge in [-0.15, -0.1) is 21.5 Å². The van der Waals surface area contributed by atoms with Gasteiger partial charge >= 0.3 is 5.97 Å². The van der Waals surface area contributed by atoms with Crippen LogP contribution < -0.4 is 0 Å². The molecule has 0 spiro atoms. The van der Waals surface area contributed by atoms with Crippen molar-refractivity contribution in [1.29, 1.82) is 0 Å². The molecule has 0 fully saturated rings. The molecule has 0 N–H and O–H groups in total. The molecule has 0 radical (unpaired) electrons. The average molecular weight is 396 g/mol. The minimum absolute atomic E-state index is 0.187. The molecule has 0 bridgehead atoms. The lowest BCUT2D eigenvalue weighted by Crippen LogP contribution is -2.07. The number of hydrogen-bond donors (Lipinski definition) is 0. The van der Waals surface area contributed by atoms with E-state index in [4.69, 9.17) is 20.8 Å². The number of carbonyl (C=O) groups excluding carboxylic acids is 1. The lowest BCUT2D eigenvalue weighted by atomic mass is 10.2. The molecular weight excluding hydrogens is 382 g/mol. The summed E-state index contributed by atoms with van der Waals surface area (Å²) >= 11 is 8.83. The summed E-state index contributed by atoms with van der Waals surface area (Å²) < 4.78 is 11.4. The fraction of sp³-hybridized carbons (Fsp3) is 0.250. The van der Waals surface area contributed by atoms with Crippen molar-refractivity contribution in [2.75, 3.05) is 6.61 Å². The number of thioether (sulfide) groups is 1. The summed E-state index contributed by atoms with van der Waals surface area (Å²) in [5.41, 5.74) is 1.53. The summed E-state index contributed by atoms with van der Waals surface area (Å²) in [6.45, 7) is 2.15. The van der Waals surface area contributed by atoms with Crippen molar-refractivity contribution in [1.82, 2.24) is 15.2 Å². The Morgan fingerprint density at radius 1 is 1.32 bits per heavy atom. The number of thiazole rings is 1. The van der Waals surface area contributed by atoms with Gasteiger partial charge in [0.2, 0.25) is 11.8 Å². The molecule has 3 rings (SSSR count). The number of ether oxygens (including phenoxy) is 1. The zero-order valence-corrected chi connectivity index (χ0v) is 15.7.